The Bertz CT molecular complexity index is 582. The summed E-state index contributed by atoms with van der Waals surface area (Å²) in [5, 5.41) is 16.5. The van der Waals surface area contributed by atoms with Gasteiger partial charge in [-0.25, -0.2) is 0 Å². The van der Waals surface area contributed by atoms with E-state index < -0.39 is 0 Å². The number of aryl methyl sites for hydroxylation is 1. The number of nitro benzene ring substituents is 1. The molecule has 0 saturated carbocycles. The van der Waals surface area contributed by atoms with Crippen LogP contribution in [0.4, 0.5) is 11.4 Å². The Morgan fingerprint density at radius 3 is 2.80 bits per heavy atom. The van der Waals surface area contributed by atoms with E-state index in [0.717, 1.165) is 18.4 Å². The Hall–Kier alpha value is -1.88. The van der Waals surface area contributed by atoms with Crippen molar-refractivity contribution in [3.05, 3.63) is 56.3 Å². The maximum atomic E-state index is 11.1. The molecule has 0 aliphatic carbocycles. The maximum absolute atomic E-state index is 11.1. The summed E-state index contributed by atoms with van der Waals surface area (Å²) in [5.74, 6) is 0. The molecular formula is C15H18N2O2S. The largest absolute Gasteiger partial charge is 0.372 e. The highest BCUT2D eigenvalue weighted by Gasteiger charge is 2.18. The van der Waals surface area contributed by atoms with Crippen molar-refractivity contribution in [1.82, 2.24) is 0 Å². The van der Waals surface area contributed by atoms with E-state index in [4.69, 9.17) is 0 Å². The lowest BCUT2D eigenvalue weighted by atomic mass is 10.1. The molecule has 1 atom stereocenters. The number of anilines is 1. The van der Waals surface area contributed by atoms with Gasteiger partial charge in [-0.15, -0.1) is 11.3 Å². The quantitative estimate of drug-likeness (QED) is 0.607. The number of rotatable bonds is 6. The van der Waals surface area contributed by atoms with Crippen LogP contribution in [0.3, 0.4) is 0 Å². The van der Waals surface area contributed by atoms with Crippen LogP contribution in [0.2, 0.25) is 0 Å². The number of hydrogen-bond acceptors (Lipinski definition) is 4. The van der Waals surface area contributed by atoms with Crippen molar-refractivity contribution in [3.8, 4) is 0 Å². The molecule has 0 saturated heterocycles. The van der Waals surface area contributed by atoms with E-state index in [-0.39, 0.29) is 16.7 Å². The zero-order valence-corrected chi connectivity index (χ0v) is 12.4. The fraction of sp³-hybridized carbons (Fsp3) is 0.333. The van der Waals surface area contributed by atoms with E-state index in [1.807, 2.05) is 24.4 Å². The molecule has 0 amide bonds. The second-order valence-corrected chi connectivity index (χ2v) is 5.76. The molecule has 1 unspecified atom stereocenters. The zero-order valence-electron chi connectivity index (χ0n) is 11.6. The third kappa shape index (κ3) is 3.36. The molecule has 0 aliphatic heterocycles. The summed E-state index contributed by atoms with van der Waals surface area (Å²) >= 11 is 1.68. The summed E-state index contributed by atoms with van der Waals surface area (Å²) in [5.41, 5.74) is 1.75. The number of nitrogens with zero attached hydrogens (tertiary/aromatic N) is 1. The summed E-state index contributed by atoms with van der Waals surface area (Å²) < 4.78 is 0. The van der Waals surface area contributed by atoms with E-state index in [0.29, 0.717) is 5.69 Å². The molecule has 1 aromatic heterocycles. The van der Waals surface area contributed by atoms with Gasteiger partial charge in [-0.05, 0) is 36.4 Å². The number of thiophene rings is 1. The maximum Gasteiger partial charge on any atom is 0.292 e. The van der Waals surface area contributed by atoms with E-state index in [1.54, 1.807) is 23.5 Å². The third-order valence-corrected chi connectivity index (χ3v) is 4.13. The first-order chi connectivity index (χ1) is 9.61. The highest BCUT2D eigenvalue weighted by molar-refractivity contribution is 7.10. The Morgan fingerprint density at radius 1 is 1.40 bits per heavy atom. The van der Waals surface area contributed by atoms with Crippen LogP contribution in [0.1, 0.15) is 36.2 Å². The summed E-state index contributed by atoms with van der Waals surface area (Å²) in [6, 6.07) is 9.38. The van der Waals surface area contributed by atoms with E-state index >= 15 is 0 Å². The topological polar surface area (TPSA) is 55.2 Å². The molecule has 4 nitrogen and oxygen atoms in total. The number of benzene rings is 1. The molecule has 1 aromatic carbocycles. The Labute approximate surface area is 122 Å². The molecular weight excluding hydrogens is 272 g/mol. The van der Waals surface area contributed by atoms with Gasteiger partial charge in [0.05, 0.1) is 11.0 Å². The molecule has 0 radical (unpaired) electrons. The van der Waals surface area contributed by atoms with Crippen molar-refractivity contribution in [3.63, 3.8) is 0 Å². The normalized spacial score (nSPS) is 12.1. The Balaban J connectivity index is 2.30. The minimum atomic E-state index is -0.334. The highest BCUT2D eigenvalue weighted by atomic mass is 32.1. The molecule has 2 rings (SSSR count). The van der Waals surface area contributed by atoms with Crippen molar-refractivity contribution >= 4 is 22.7 Å². The van der Waals surface area contributed by atoms with Gasteiger partial charge < -0.3 is 5.32 Å². The van der Waals surface area contributed by atoms with E-state index in [1.165, 1.54) is 4.88 Å². The Morgan fingerprint density at radius 2 is 2.20 bits per heavy atom. The first kappa shape index (κ1) is 14.5. The second kappa shape index (κ2) is 6.52. The van der Waals surface area contributed by atoms with Crippen molar-refractivity contribution in [2.45, 2.75) is 32.7 Å². The highest BCUT2D eigenvalue weighted by Crippen LogP contribution is 2.32. The molecule has 20 heavy (non-hydrogen) atoms. The van der Waals surface area contributed by atoms with Gasteiger partial charge in [-0.2, -0.15) is 0 Å². The zero-order chi connectivity index (χ0) is 14.5. The summed E-state index contributed by atoms with van der Waals surface area (Å²) in [6.07, 6.45) is 1.97. The molecule has 106 valence electrons. The lowest BCUT2D eigenvalue weighted by Crippen LogP contribution is -2.10. The molecule has 2 aromatic rings. The van der Waals surface area contributed by atoms with Gasteiger partial charge in [0.25, 0.3) is 5.69 Å². The fourth-order valence-electron chi connectivity index (χ4n) is 2.18. The van der Waals surface area contributed by atoms with Crippen LogP contribution < -0.4 is 5.32 Å². The monoisotopic (exact) mass is 290 g/mol. The first-order valence-electron chi connectivity index (χ1n) is 6.66. The van der Waals surface area contributed by atoms with Crippen LogP contribution >= 0.6 is 11.3 Å². The van der Waals surface area contributed by atoms with Crippen molar-refractivity contribution in [1.29, 1.82) is 0 Å². The van der Waals surface area contributed by atoms with Crippen LogP contribution in [0.25, 0.3) is 0 Å². The van der Waals surface area contributed by atoms with Gasteiger partial charge in [-0.3, -0.25) is 10.1 Å². The number of nitro groups is 1. The van der Waals surface area contributed by atoms with Crippen LogP contribution in [0.15, 0.2) is 35.7 Å². The molecule has 0 bridgehead atoms. The van der Waals surface area contributed by atoms with Crippen LogP contribution in [-0.2, 0) is 0 Å². The number of hydrogen-bond donors (Lipinski definition) is 1. The average Bonchev–Trinajstić information content (AvgIpc) is 2.91. The SMILES string of the molecule is CCCC(Nc1cc(C)ccc1[N+](=O)[O-])c1cccs1. The predicted octanol–water partition coefficient (Wildman–Crippen LogP) is 4.92. The van der Waals surface area contributed by atoms with Gasteiger partial charge in [0, 0.05) is 10.9 Å². The average molecular weight is 290 g/mol. The standard InChI is InChI=1S/C15H18N2O2S/c1-3-5-12(15-6-4-9-20-15)16-13-10-11(2)7-8-14(13)17(18)19/h4,6-10,12,16H,3,5H2,1-2H3. The lowest BCUT2D eigenvalue weighted by Gasteiger charge is -2.18. The smallest absolute Gasteiger partial charge is 0.292 e. The van der Waals surface area contributed by atoms with Gasteiger partial charge >= 0.3 is 0 Å². The van der Waals surface area contributed by atoms with Gasteiger partial charge in [0.15, 0.2) is 0 Å². The van der Waals surface area contributed by atoms with Crippen molar-refractivity contribution in [2.24, 2.45) is 0 Å². The molecule has 0 fully saturated rings. The summed E-state index contributed by atoms with van der Waals surface area (Å²) in [6.45, 7) is 4.06. The van der Waals surface area contributed by atoms with Gasteiger partial charge in [0.1, 0.15) is 5.69 Å². The lowest BCUT2D eigenvalue weighted by molar-refractivity contribution is -0.384. The van der Waals surface area contributed by atoms with E-state index in [9.17, 15) is 10.1 Å². The minimum absolute atomic E-state index is 0.125. The van der Waals surface area contributed by atoms with Crippen molar-refractivity contribution < 1.29 is 4.92 Å². The molecule has 0 aliphatic rings. The van der Waals surface area contributed by atoms with E-state index in [2.05, 4.69) is 18.3 Å². The third-order valence-electron chi connectivity index (χ3n) is 3.14. The predicted molar refractivity (Wildman–Crippen MR) is 83.4 cm³/mol. The fourth-order valence-corrected chi connectivity index (χ4v) is 2.99. The molecule has 1 heterocycles. The summed E-state index contributed by atoms with van der Waals surface area (Å²) in [4.78, 5) is 12.0. The Kier molecular flexibility index (Phi) is 4.74. The van der Waals surface area contributed by atoms with Crippen LogP contribution in [-0.4, -0.2) is 4.92 Å². The minimum Gasteiger partial charge on any atom is -0.372 e. The molecule has 1 N–H and O–H groups in total. The first-order valence-corrected chi connectivity index (χ1v) is 7.54. The van der Waals surface area contributed by atoms with Crippen molar-refractivity contribution in [2.75, 3.05) is 5.32 Å². The van der Waals surface area contributed by atoms with Crippen LogP contribution in [0, 0.1) is 17.0 Å². The van der Waals surface area contributed by atoms with Gasteiger partial charge in [-0.1, -0.05) is 25.5 Å². The molecule has 5 heteroatoms. The molecule has 0 spiro atoms. The van der Waals surface area contributed by atoms with Gasteiger partial charge in [0.2, 0.25) is 0 Å². The number of nitrogens with one attached hydrogen (secondary N) is 1. The summed E-state index contributed by atoms with van der Waals surface area (Å²) in [7, 11) is 0. The second-order valence-electron chi connectivity index (χ2n) is 4.78. The van der Waals surface area contributed by atoms with Crippen LogP contribution in [0.5, 0.6) is 0 Å².